The zero-order valence-corrected chi connectivity index (χ0v) is 20.8. The maximum absolute atomic E-state index is 10.3. The van der Waals surface area contributed by atoms with Crippen molar-refractivity contribution in [2.75, 3.05) is 26.2 Å². The molecule has 5 heteroatoms. The van der Waals surface area contributed by atoms with E-state index < -0.39 is 0 Å². The third kappa shape index (κ3) is 4.21. The third-order valence-corrected chi connectivity index (χ3v) is 7.60. The molecule has 0 spiro atoms. The number of nitrogens with zero attached hydrogens (tertiary/aromatic N) is 1. The molecule has 1 aliphatic heterocycles. The maximum Gasteiger partial charge on any atom is 0.119 e. The molecule has 4 nitrogen and oxygen atoms in total. The lowest BCUT2D eigenvalue weighted by Gasteiger charge is -2.22. The number of hydrogen-bond acceptors (Lipinski definition) is 4. The van der Waals surface area contributed by atoms with Crippen LogP contribution in [0.1, 0.15) is 24.0 Å². The summed E-state index contributed by atoms with van der Waals surface area (Å²) in [6, 6.07) is 19.0. The fourth-order valence-electron chi connectivity index (χ4n) is 5.55. The number of phenolic OH excluding ortho intramolecular Hbond substituents is 2. The van der Waals surface area contributed by atoms with Gasteiger partial charge in [0.25, 0.3) is 0 Å². The minimum absolute atomic E-state index is 0.202. The Hall–Kier alpha value is -3.47. The third-order valence-electron chi connectivity index (χ3n) is 7.21. The first-order valence-electron chi connectivity index (χ1n) is 12.5. The maximum atomic E-state index is 10.3. The van der Waals surface area contributed by atoms with Crippen molar-refractivity contribution in [1.82, 2.24) is 4.90 Å². The molecule has 4 aromatic carbocycles. The van der Waals surface area contributed by atoms with Gasteiger partial charge in [0, 0.05) is 30.6 Å². The fourth-order valence-corrected chi connectivity index (χ4v) is 5.93. The van der Waals surface area contributed by atoms with Gasteiger partial charge in [0.05, 0.1) is 11.6 Å². The van der Waals surface area contributed by atoms with Gasteiger partial charge in [-0.3, -0.25) is 4.90 Å². The molecule has 4 aromatic rings. The van der Waals surface area contributed by atoms with E-state index in [2.05, 4.69) is 29.2 Å². The highest BCUT2D eigenvalue weighted by Gasteiger charge is 2.28. The lowest BCUT2D eigenvalue weighted by molar-refractivity contribution is 0.247. The summed E-state index contributed by atoms with van der Waals surface area (Å²) in [7, 11) is 0. The lowest BCUT2D eigenvalue weighted by Crippen LogP contribution is -2.29. The van der Waals surface area contributed by atoms with Gasteiger partial charge in [-0.2, -0.15) is 0 Å². The monoisotopic (exact) mass is 497 g/mol. The van der Waals surface area contributed by atoms with Crippen LogP contribution in [0.3, 0.4) is 0 Å². The van der Waals surface area contributed by atoms with Crippen LogP contribution < -0.4 is 4.74 Å². The lowest BCUT2D eigenvalue weighted by atomic mass is 9.89. The van der Waals surface area contributed by atoms with E-state index in [1.165, 1.54) is 0 Å². The van der Waals surface area contributed by atoms with Gasteiger partial charge in [0.1, 0.15) is 17.2 Å². The molecule has 0 aromatic heterocycles. The number of rotatable bonds is 6. The molecule has 0 amide bonds. The second kappa shape index (κ2) is 9.53. The number of halogens is 1. The van der Waals surface area contributed by atoms with Gasteiger partial charge in [0.15, 0.2) is 0 Å². The van der Waals surface area contributed by atoms with Crippen molar-refractivity contribution in [3.05, 3.63) is 89.0 Å². The topological polar surface area (TPSA) is 52.9 Å². The molecular weight excluding hydrogens is 470 g/mol. The van der Waals surface area contributed by atoms with Crippen molar-refractivity contribution in [3.8, 4) is 39.5 Å². The number of hydrogen-bond donors (Lipinski definition) is 2. The SMILES string of the molecule is Oc1ccc2c(c1)Cc1c-2c(Cl)c2ccc(O)cc2c1-c1cccc(OCCCN2CC=CCC2)c1. The molecule has 0 atom stereocenters. The molecule has 36 heavy (non-hydrogen) atoms. The van der Waals surface area contributed by atoms with Crippen LogP contribution in [0, 0.1) is 0 Å². The average Bonchev–Trinajstić information content (AvgIpc) is 3.26. The Morgan fingerprint density at radius 1 is 0.889 bits per heavy atom. The van der Waals surface area contributed by atoms with E-state index in [4.69, 9.17) is 16.3 Å². The standard InChI is InChI=1S/C31H28ClNO3/c32-31-26-11-9-23(35)19-27(26)29(28-18-21-16-22(34)8-10-25(21)30(28)31)20-6-4-7-24(17-20)36-15-5-14-33-12-2-1-3-13-33/h1-2,4,6-11,16-17,19,34-35H,3,5,12-15,18H2. The predicted octanol–water partition coefficient (Wildman–Crippen LogP) is 7.17. The van der Waals surface area contributed by atoms with E-state index in [1.54, 1.807) is 18.2 Å². The zero-order valence-electron chi connectivity index (χ0n) is 20.0. The molecule has 0 fully saturated rings. The molecule has 2 N–H and O–H groups in total. The Morgan fingerprint density at radius 2 is 1.75 bits per heavy atom. The van der Waals surface area contributed by atoms with Gasteiger partial charge in [-0.1, -0.05) is 42.0 Å². The van der Waals surface area contributed by atoms with E-state index in [9.17, 15) is 10.2 Å². The molecule has 2 aliphatic rings. The van der Waals surface area contributed by atoms with E-state index in [-0.39, 0.29) is 11.5 Å². The molecule has 6 rings (SSSR count). The molecular formula is C31H28ClNO3. The van der Waals surface area contributed by atoms with Gasteiger partial charge in [-0.05, 0) is 94.9 Å². The van der Waals surface area contributed by atoms with Gasteiger partial charge in [-0.25, -0.2) is 0 Å². The van der Waals surface area contributed by atoms with Crippen LogP contribution in [0.25, 0.3) is 33.0 Å². The Bertz CT molecular complexity index is 1490. The van der Waals surface area contributed by atoms with Gasteiger partial charge < -0.3 is 14.9 Å². The van der Waals surface area contributed by atoms with Crippen molar-refractivity contribution >= 4 is 22.4 Å². The van der Waals surface area contributed by atoms with E-state index >= 15 is 0 Å². The van der Waals surface area contributed by atoms with Crippen LogP contribution in [0.5, 0.6) is 17.2 Å². The van der Waals surface area contributed by atoms with Crippen molar-refractivity contribution in [3.63, 3.8) is 0 Å². The molecule has 0 saturated carbocycles. The first kappa shape index (κ1) is 23.0. The molecule has 1 aliphatic carbocycles. The van der Waals surface area contributed by atoms with Gasteiger partial charge >= 0.3 is 0 Å². The average molecular weight is 498 g/mol. The van der Waals surface area contributed by atoms with Crippen LogP contribution >= 0.6 is 11.6 Å². The zero-order chi connectivity index (χ0) is 24.6. The Kier molecular flexibility index (Phi) is 6.08. The van der Waals surface area contributed by atoms with Crippen LogP contribution in [0.15, 0.2) is 72.8 Å². The molecule has 0 radical (unpaired) electrons. The summed E-state index contributed by atoms with van der Waals surface area (Å²) in [5, 5.41) is 22.9. The van der Waals surface area contributed by atoms with Crippen LogP contribution in [0.4, 0.5) is 0 Å². The summed E-state index contributed by atoms with van der Waals surface area (Å²) in [6.07, 6.45) is 7.25. The molecule has 0 saturated heterocycles. The van der Waals surface area contributed by atoms with Crippen molar-refractivity contribution in [2.24, 2.45) is 0 Å². The van der Waals surface area contributed by atoms with Crippen LogP contribution in [-0.4, -0.2) is 41.4 Å². The highest BCUT2D eigenvalue weighted by atomic mass is 35.5. The highest BCUT2D eigenvalue weighted by Crippen LogP contribution is 2.51. The first-order chi connectivity index (χ1) is 17.6. The van der Waals surface area contributed by atoms with E-state index in [0.717, 1.165) is 82.4 Å². The van der Waals surface area contributed by atoms with Crippen molar-refractivity contribution in [1.29, 1.82) is 0 Å². The Balaban J connectivity index is 1.37. The summed E-state index contributed by atoms with van der Waals surface area (Å²) in [4.78, 5) is 2.45. The number of benzene rings is 4. The van der Waals surface area contributed by atoms with Crippen molar-refractivity contribution in [2.45, 2.75) is 19.3 Å². The Morgan fingerprint density at radius 3 is 2.61 bits per heavy atom. The number of phenols is 2. The Labute approximate surface area is 216 Å². The van der Waals surface area contributed by atoms with Gasteiger partial charge in [-0.15, -0.1) is 0 Å². The van der Waals surface area contributed by atoms with Gasteiger partial charge in [0.2, 0.25) is 0 Å². The molecule has 0 bridgehead atoms. The minimum Gasteiger partial charge on any atom is -0.508 e. The smallest absolute Gasteiger partial charge is 0.119 e. The molecule has 1 heterocycles. The van der Waals surface area contributed by atoms with Crippen molar-refractivity contribution < 1.29 is 14.9 Å². The van der Waals surface area contributed by atoms with E-state index in [0.29, 0.717) is 18.1 Å². The second-order valence-electron chi connectivity index (χ2n) is 9.58. The summed E-state index contributed by atoms with van der Waals surface area (Å²) < 4.78 is 6.16. The van der Waals surface area contributed by atoms with Crippen LogP contribution in [-0.2, 0) is 6.42 Å². The fraction of sp³-hybridized carbons (Fsp3) is 0.226. The van der Waals surface area contributed by atoms with Crippen LogP contribution in [0.2, 0.25) is 5.02 Å². The second-order valence-corrected chi connectivity index (χ2v) is 9.96. The first-order valence-corrected chi connectivity index (χ1v) is 12.9. The number of aromatic hydroxyl groups is 2. The largest absolute Gasteiger partial charge is 0.508 e. The molecule has 0 unspecified atom stereocenters. The normalized spacial score (nSPS) is 14.7. The summed E-state index contributed by atoms with van der Waals surface area (Å²) in [5.41, 5.74) is 6.27. The number of fused-ring (bicyclic) bond motifs is 4. The summed E-state index contributed by atoms with van der Waals surface area (Å²) in [6.45, 7) is 3.84. The summed E-state index contributed by atoms with van der Waals surface area (Å²) in [5.74, 6) is 1.28. The predicted molar refractivity (Wildman–Crippen MR) is 146 cm³/mol. The summed E-state index contributed by atoms with van der Waals surface area (Å²) >= 11 is 6.97. The quantitative estimate of drug-likeness (QED) is 0.193. The minimum atomic E-state index is 0.202. The van der Waals surface area contributed by atoms with E-state index in [1.807, 2.05) is 30.3 Å². The molecule has 182 valence electrons. The highest BCUT2D eigenvalue weighted by molar-refractivity contribution is 6.39. The number of ether oxygens (including phenoxy) is 1.